The number of hydrogen-bond donors (Lipinski definition) is 1. The van der Waals surface area contributed by atoms with Crippen LogP contribution in [0.25, 0.3) is 0 Å². The summed E-state index contributed by atoms with van der Waals surface area (Å²) in [5, 5.41) is 0. The quantitative estimate of drug-likeness (QED) is 0.130. The predicted octanol–water partition coefficient (Wildman–Crippen LogP) is 6.60. The topological polar surface area (TPSA) is 54.4 Å². The molecule has 0 bridgehead atoms. The first-order chi connectivity index (χ1) is 13.0. The van der Waals surface area contributed by atoms with E-state index in [0.717, 1.165) is 19.3 Å². The van der Waals surface area contributed by atoms with Gasteiger partial charge in [0.25, 0.3) is 0 Å². The van der Waals surface area contributed by atoms with Gasteiger partial charge in [-0.25, -0.2) is 17.6 Å². The average molecular weight is 445 g/mol. The van der Waals surface area contributed by atoms with Crippen LogP contribution in [0.4, 0.5) is 17.6 Å². The van der Waals surface area contributed by atoms with E-state index in [-0.39, 0.29) is 17.6 Å². The Bertz CT molecular complexity index is 725. The highest BCUT2D eigenvalue weighted by molar-refractivity contribution is 7.99. The summed E-state index contributed by atoms with van der Waals surface area (Å²) in [6, 6.07) is 0. The highest BCUT2D eigenvalue weighted by atomic mass is 32.2. The molecule has 0 aliphatic carbocycles. The van der Waals surface area contributed by atoms with Crippen molar-refractivity contribution in [3.63, 3.8) is 0 Å². The second-order valence-corrected chi connectivity index (χ2v) is 9.60. The minimum atomic E-state index is -5.43. The molecule has 0 saturated heterocycles. The first-order valence-corrected chi connectivity index (χ1v) is 11.9. The van der Waals surface area contributed by atoms with E-state index in [4.69, 9.17) is 4.55 Å². The van der Waals surface area contributed by atoms with E-state index >= 15 is 0 Å². The smallest absolute Gasteiger partial charge is 0.282 e. The highest BCUT2D eigenvalue weighted by Gasteiger charge is 2.32. The molecule has 9 heteroatoms. The van der Waals surface area contributed by atoms with E-state index in [1.807, 2.05) is 13.8 Å². The molecule has 1 rings (SSSR count). The van der Waals surface area contributed by atoms with E-state index in [1.165, 1.54) is 25.7 Å². The van der Waals surface area contributed by atoms with Gasteiger partial charge in [0.05, 0.1) is 4.90 Å². The molecule has 0 aliphatic heterocycles. The SMILES string of the molecule is CCCCCCCCC(C)C(C)CSc1c(F)c(F)c(S(=O)(=O)O)c(F)c1F. The van der Waals surface area contributed by atoms with Crippen LogP contribution in [0.15, 0.2) is 9.79 Å². The molecular weight excluding hydrogens is 416 g/mol. The summed E-state index contributed by atoms with van der Waals surface area (Å²) in [6.45, 7) is 6.07. The predicted molar refractivity (Wildman–Crippen MR) is 103 cm³/mol. The van der Waals surface area contributed by atoms with E-state index < -0.39 is 43.2 Å². The largest absolute Gasteiger partial charge is 0.300 e. The van der Waals surface area contributed by atoms with Gasteiger partial charge < -0.3 is 0 Å². The maximum absolute atomic E-state index is 14.1. The Morgan fingerprint density at radius 3 is 1.86 bits per heavy atom. The van der Waals surface area contributed by atoms with E-state index in [9.17, 15) is 26.0 Å². The molecule has 1 aromatic carbocycles. The molecule has 162 valence electrons. The number of halogens is 4. The minimum absolute atomic E-state index is 0.0341. The lowest BCUT2D eigenvalue weighted by molar-refractivity contribution is 0.376. The van der Waals surface area contributed by atoms with Crippen LogP contribution < -0.4 is 0 Å². The Hall–Kier alpha value is -0.800. The van der Waals surface area contributed by atoms with Gasteiger partial charge in [-0.15, -0.1) is 11.8 Å². The van der Waals surface area contributed by atoms with Crippen LogP contribution in [0.2, 0.25) is 0 Å². The maximum atomic E-state index is 14.1. The summed E-state index contributed by atoms with van der Waals surface area (Å²) in [6.07, 6.45) is 7.93. The minimum Gasteiger partial charge on any atom is -0.282 e. The molecule has 0 fully saturated rings. The molecule has 3 nitrogen and oxygen atoms in total. The summed E-state index contributed by atoms with van der Waals surface area (Å²) in [7, 11) is -5.43. The van der Waals surface area contributed by atoms with Crippen molar-refractivity contribution in [1.29, 1.82) is 0 Å². The average Bonchev–Trinajstić information content (AvgIpc) is 2.61. The number of unbranched alkanes of at least 4 members (excludes halogenated alkanes) is 5. The van der Waals surface area contributed by atoms with Gasteiger partial charge in [-0.3, -0.25) is 4.55 Å². The van der Waals surface area contributed by atoms with Gasteiger partial charge in [0.1, 0.15) is 0 Å². The molecule has 0 amide bonds. The molecule has 0 aliphatic rings. The standard InChI is InChI=1S/C19H28F4O3S2/c1-4-5-6-7-8-9-10-12(2)13(3)11-27-18-14(20)16(22)19(28(24,25)26)17(23)15(18)21/h12-13H,4-11H2,1-3H3,(H,24,25,26). The van der Waals surface area contributed by atoms with Crippen LogP contribution in [0.5, 0.6) is 0 Å². The van der Waals surface area contributed by atoms with Crippen molar-refractivity contribution in [1.82, 2.24) is 0 Å². The Morgan fingerprint density at radius 1 is 0.857 bits per heavy atom. The molecule has 1 aromatic rings. The number of benzene rings is 1. The van der Waals surface area contributed by atoms with Crippen LogP contribution in [0.3, 0.4) is 0 Å². The van der Waals surface area contributed by atoms with Gasteiger partial charge in [-0.1, -0.05) is 65.7 Å². The zero-order chi connectivity index (χ0) is 21.5. The second kappa shape index (κ2) is 11.4. The van der Waals surface area contributed by atoms with E-state index in [2.05, 4.69) is 6.92 Å². The molecule has 2 atom stereocenters. The van der Waals surface area contributed by atoms with Gasteiger partial charge in [-0.2, -0.15) is 8.42 Å². The zero-order valence-corrected chi connectivity index (χ0v) is 18.0. The van der Waals surface area contributed by atoms with Crippen LogP contribution >= 0.6 is 11.8 Å². The Balaban J connectivity index is 2.72. The normalized spacial score (nSPS) is 14.3. The van der Waals surface area contributed by atoms with Crippen LogP contribution in [0, 0.1) is 35.1 Å². The molecule has 1 N–H and O–H groups in total. The maximum Gasteiger partial charge on any atom is 0.300 e. The molecule has 0 heterocycles. The van der Waals surface area contributed by atoms with Crippen molar-refractivity contribution < 1.29 is 30.5 Å². The third-order valence-corrected chi connectivity index (χ3v) is 7.13. The Kier molecular flexibility index (Phi) is 10.3. The summed E-state index contributed by atoms with van der Waals surface area (Å²) in [5.41, 5.74) is 0. The summed E-state index contributed by atoms with van der Waals surface area (Å²) in [5.74, 6) is -7.34. The molecule has 0 spiro atoms. The second-order valence-electron chi connectivity index (χ2n) is 7.21. The molecule has 2 unspecified atom stereocenters. The van der Waals surface area contributed by atoms with Crippen molar-refractivity contribution >= 4 is 21.9 Å². The first-order valence-electron chi connectivity index (χ1n) is 9.48. The first kappa shape index (κ1) is 25.2. The third kappa shape index (κ3) is 6.91. The van der Waals surface area contributed by atoms with Gasteiger partial charge in [-0.05, 0) is 11.8 Å². The molecular formula is C19H28F4O3S2. The third-order valence-electron chi connectivity index (χ3n) is 4.92. The number of rotatable bonds is 12. The van der Waals surface area contributed by atoms with Crippen LogP contribution in [0.1, 0.15) is 65.7 Å². The van der Waals surface area contributed by atoms with Crippen LogP contribution in [-0.4, -0.2) is 18.7 Å². The lowest BCUT2D eigenvalue weighted by Crippen LogP contribution is -2.13. The molecule has 0 radical (unpaired) electrons. The van der Waals surface area contributed by atoms with E-state index in [1.54, 1.807) is 0 Å². The summed E-state index contributed by atoms with van der Waals surface area (Å²) in [4.78, 5) is -2.92. The highest BCUT2D eigenvalue weighted by Crippen LogP contribution is 2.35. The van der Waals surface area contributed by atoms with Crippen molar-refractivity contribution in [2.75, 3.05) is 5.75 Å². The Labute approximate surface area is 169 Å². The fourth-order valence-electron chi connectivity index (χ4n) is 2.85. The zero-order valence-electron chi connectivity index (χ0n) is 16.4. The monoisotopic (exact) mass is 444 g/mol. The van der Waals surface area contributed by atoms with Gasteiger partial charge in [0.2, 0.25) is 0 Å². The molecule has 28 heavy (non-hydrogen) atoms. The van der Waals surface area contributed by atoms with E-state index in [0.29, 0.717) is 11.8 Å². The van der Waals surface area contributed by atoms with Crippen molar-refractivity contribution in [2.24, 2.45) is 11.8 Å². The van der Waals surface area contributed by atoms with Crippen molar-refractivity contribution in [2.45, 2.75) is 75.5 Å². The lowest BCUT2D eigenvalue weighted by atomic mass is 9.92. The lowest BCUT2D eigenvalue weighted by Gasteiger charge is -2.20. The fraction of sp³-hybridized carbons (Fsp3) is 0.684. The molecule has 0 saturated carbocycles. The number of thioether (sulfide) groups is 1. The van der Waals surface area contributed by atoms with Crippen LogP contribution in [-0.2, 0) is 10.1 Å². The summed E-state index contributed by atoms with van der Waals surface area (Å²) >= 11 is 0.602. The summed E-state index contributed by atoms with van der Waals surface area (Å²) < 4.78 is 86.5. The van der Waals surface area contributed by atoms with Gasteiger partial charge in [0.15, 0.2) is 28.2 Å². The van der Waals surface area contributed by atoms with Gasteiger partial charge >= 0.3 is 10.1 Å². The van der Waals surface area contributed by atoms with Crippen molar-refractivity contribution in [3.05, 3.63) is 23.3 Å². The fourth-order valence-corrected chi connectivity index (χ4v) is 4.68. The Morgan fingerprint density at radius 2 is 1.36 bits per heavy atom. The molecule has 0 aromatic heterocycles. The number of hydrogen-bond acceptors (Lipinski definition) is 3. The van der Waals surface area contributed by atoms with Gasteiger partial charge in [0, 0.05) is 5.75 Å². The van der Waals surface area contributed by atoms with Crippen molar-refractivity contribution in [3.8, 4) is 0 Å².